The lowest BCUT2D eigenvalue weighted by atomic mass is 9.92. The summed E-state index contributed by atoms with van der Waals surface area (Å²) in [6, 6.07) is 5.48. The van der Waals surface area contributed by atoms with Crippen LogP contribution >= 0.6 is 0 Å². The van der Waals surface area contributed by atoms with Crippen LogP contribution in [0, 0.1) is 23.2 Å². The summed E-state index contributed by atoms with van der Waals surface area (Å²) >= 11 is 0. The molecule has 2 heterocycles. The molecular weight excluding hydrogens is 474 g/mol. The van der Waals surface area contributed by atoms with Crippen LogP contribution in [0.15, 0.2) is 18.3 Å². The largest absolute Gasteiger partial charge is 0.479 e. The Balaban J connectivity index is 0.000000388. The first-order chi connectivity index (χ1) is 16.9. The van der Waals surface area contributed by atoms with Gasteiger partial charge in [0.1, 0.15) is 11.8 Å². The first-order valence-electron chi connectivity index (χ1n) is 11.5. The molecule has 4 atom stereocenters. The molecule has 0 aromatic carbocycles. The van der Waals surface area contributed by atoms with Crippen LogP contribution in [-0.4, -0.2) is 110 Å². The Morgan fingerprint density at radius 2 is 1.67 bits per heavy atom. The van der Waals surface area contributed by atoms with Crippen LogP contribution in [0.1, 0.15) is 36.7 Å². The van der Waals surface area contributed by atoms with Crippen LogP contribution in [0.2, 0.25) is 0 Å². The molecule has 1 aromatic heterocycles. The molecule has 13 heteroatoms. The number of likely N-dealkylation sites (tertiary alicyclic amines) is 1. The van der Waals surface area contributed by atoms with Gasteiger partial charge >= 0.3 is 18.0 Å². The van der Waals surface area contributed by atoms with Gasteiger partial charge in [0.15, 0.2) is 12.2 Å². The van der Waals surface area contributed by atoms with Gasteiger partial charge in [0, 0.05) is 38.9 Å². The second-order valence-corrected chi connectivity index (χ2v) is 9.33. The van der Waals surface area contributed by atoms with E-state index < -0.39 is 24.1 Å². The van der Waals surface area contributed by atoms with Gasteiger partial charge < -0.3 is 35.5 Å². The predicted molar refractivity (Wildman–Crippen MR) is 125 cm³/mol. The first-order valence-corrected chi connectivity index (χ1v) is 11.5. The van der Waals surface area contributed by atoms with Gasteiger partial charge in [-0.1, -0.05) is 6.92 Å². The molecule has 198 valence electrons. The van der Waals surface area contributed by atoms with Gasteiger partial charge in [-0.15, -0.1) is 0 Å². The summed E-state index contributed by atoms with van der Waals surface area (Å²) in [6.07, 6.45) is 0.0151. The Hall–Kier alpha value is -3.47. The topological polar surface area (TPSA) is 196 Å². The summed E-state index contributed by atoms with van der Waals surface area (Å²) in [6.45, 7) is 3.97. The minimum atomic E-state index is -2.27. The number of aliphatic hydroxyl groups excluding tert-OH is 2. The fraction of sp³-hybridized carbons (Fsp3) is 0.609. The summed E-state index contributed by atoms with van der Waals surface area (Å²) in [5.41, 5.74) is 0.307. The highest BCUT2D eigenvalue weighted by Gasteiger charge is 2.49. The normalized spacial score (nSPS) is 24.1. The number of urea groups is 1. The average Bonchev–Trinajstić information content (AvgIpc) is 3.55. The molecule has 1 aromatic rings. The molecule has 0 spiro atoms. The van der Waals surface area contributed by atoms with Gasteiger partial charge in [-0.2, -0.15) is 5.26 Å². The van der Waals surface area contributed by atoms with Crippen molar-refractivity contribution in [3.8, 4) is 6.07 Å². The number of hydrogen-bond donors (Lipinski definition) is 5. The quantitative estimate of drug-likeness (QED) is 0.325. The number of carboxylic acids is 2. The lowest BCUT2D eigenvalue weighted by molar-refractivity contribution is -0.165. The Kier molecular flexibility index (Phi) is 9.57. The van der Waals surface area contributed by atoms with Gasteiger partial charge in [-0.25, -0.2) is 14.4 Å². The van der Waals surface area contributed by atoms with Crippen molar-refractivity contribution >= 4 is 23.9 Å². The van der Waals surface area contributed by atoms with E-state index in [0.29, 0.717) is 17.5 Å². The van der Waals surface area contributed by atoms with Crippen LogP contribution in [-0.2, 0) is 9.59 Å². The molecule has 0 bridgehead atoms. The molecule has 2 aliphatic rings. The van der Waals surface area contributed by atoms with Crippen molar-refractivity contribution in [2.75, 3.05) is 33.7 Å². The summed E-state index contributed by atoms with van der Waals surface area (Å²) in [5, 5.41) is 45.1. The molecule has 1 saturated carbocycles. The van der Waals surface area contributed by atoms with Gasteiger partial charge in [-0.3, -0.25) is 9.36 Å². The highest BCUT2D eigenvalue weighted by Crippen LogP contribution is 2.45. The first kappa shape index (κ1) is 28.8. The van der Waals surface area contributed by atoms with Crippen molar-refractivity contribution in [3.05, 3.63) is 24.0 Å². The van der Waals surface area contributed by atoms with Gasteiger partial charge in [-0.05, 0) is 43.2 Å². The molecule has 2 fully saturated rings. The van der Waals surface area contributed by atoms with Crippen molar-refractivity contribution in [1.82, 2.24) is 19.7 Å². The Morgan fingerprint density at radius 3 is 2.08 bits per heavy atom. The summed E-state index contributed by atoms with van der Waals surface area (Å²) < 4.78 is 1.41. The van der Waals surface area contributed by atoms with Crippen LogP contribution in [0.5, 0.6) is 0 Å². The van der Waals surface area contributed by atoms with Crippen LogP contribution in [0.3, 0.4) is 0 Å². The van der Waals surface area contributed by atoms with E-state index in [1.54, 1.807) is 37.3 Å². The van der Waals surface area contributed by atoms with Crippen LogP contribution in [0.4, 0.5) is 4.79 Å². The highest BCUT2D eigenvalue weighted by atomic mass is 16.4. The number of carbonyl (C=O) groups excluding carboxylic acids is 2. The molecule has 36 heavy (non-hydrogen) atoms. The monoisotopic (exact) mass is 507 g/mol. The second-order valence-electron chi connectivity index (χ2n) is 9.33. The minimum Gasteiger partial charge on any atom is -0.479 e. The van der Waals surface area contributed by atoms with Crippen molar-refractivity contribution in [2.45, 2.75) is 43.9 Å². The standard InChI is InChI=1S/C19H27N5O2.C4H6O6/c1-4-19(21-11-17(25)24-7-5-6-16(24)10-20)8-14-12-23(13-15(14)9-19)18(26)22(2)3;5-1(3(7)8)2(6)4(9)10/h5-7,14-15,21H,4,8-9,11-13H2,1-3H3;1-2,5-6H,(H,7,8)(H,9,10). The smallest absolute Gasteiger partial charge is 0.335 e. The maximum absolute atomic E-state index is 12.5. The number of rotatable bonds is 7. The summed E-state index contributed by atoms with van der Waals surface area (Å²) in [5.74, 6) is -2.67. The van der Waals surface area contributed by atoms with Gasteiger partial charge in [0.05, 0.1) is 6.54 Å². The Morgan fingerprint density at radius 1 is 1.14 bits per heavy atom. The second kappa shape index (κ2) is 12.0. The van der Waals surface area contributed by atoms with E-state index >= 15 is 0 Å². The van der Waals surface area contributed by atoms with E-state index in [1.807, 2.05) is 11.0 Å². The zero-order valence-electron chi connectivity index (χ0n) is 20.5. The fourth-order valence-electron chi connectivity index (χ4n) is 4.79. The number of carbonyl (C=O) groups is 4. The molecule has 5 N–H and O–H groups in total. The van der Waals surface area contributed by atoms with Crippen molar-refractivity contribution in [1.29, 1.82) is 5.26 Å². The van der Waals surface area contributed by atoms with Gasteiger partial charge in [0.25, 0.3) is 0 Å². The van der Waals surface area contributed by atoms with Crippen LogP contribution in [0.25, 0.3) is 0 Å². The van der Waals surface area contributed by atoms with E-state index in [-0.39, 0.29) is 24.0 Å². The molecule has 1 aliphatic heterocycles. The molecule has 1 saturated heterocycles. The zero-order valence-corrected chi connectivity index (χ0v) is 20.5. The van der Waals surface area contributed by atoms with E-state index in [1.165, 1.54) is 4.57 Å². The molecule has 1 aliphatic carbocycles. The average molecular weight is 508 g/mol. The number of fused-ring (bicyclic) bond motifs is 1. The van der Waals surface area contributed by atoms with Gasteiger partial charge in [0.2, 0.25) is 5.91 Å². The van der Waals surface area contributed by atoms with Crippen molar-refractivity contribution in [3.63, 3.8) is 0 Å². The number of nitrogens with zero attached hydrogens (tertiary/aromatic N) is 4. The van der Waals surface area contributed by atoms with E-state index in [4.69, 9.17) is 25.7 Å². The fourth-order valence-corrected chi connectivity index (χ4v) is 4.79. The molecule has 3 rings (SSSR count). The number of aliphatic hydroxyl groups is 2. The maximum atomic E-state index is 12.5. The summed E-state index contributed by atoms with van der Waals surface area (Å²) in [7, 11) is 3.58. The number of nitrogens with one attached hydrogen (secondary N) is 1. The molecule has 4 unspecified atom stereocenters. The predicted octanol–water partition coefficient (Wildman–Crippen LogP) is -0.361. The minimum absolute atomic E-state index is 0.0573. The van der Waals surface area contributed by atoms with E-state index in [0.717, 1.165) is 32.4 Å². The lowest BCUT2D eigenvalue weighted by Crippen LogP contribution is -2.47. The molecule has 13 nitrogen and oxygen atoms in total. The van der Waals surface area contributed by atoms with E-state index in [2.05, 4.69) is 12.2 Å². The maximum Gasteiger partial charge on any atom is 0.335 e. The molecular formula is C23H33N5O8. The molecule has 2 amide bonds. The zero-order chi connectivity index (χ0) is 27.2. The third kappa shape index (κ3) is 6.60. The Bertz CT molecular complexity index is 984. The Labute approximate surface area is 208 Å². The molecule has 0 radical (unpaired) electrons. The number of amides is 2. The number of hydrogen-bond acceptors (Lipinski definition) is 8. The number of aliphatic carboxylic acids is 2. The number of carboxylic acid groups (broad SMARTS) is 2. The van der Waals surface area contributed by atoms with Crippen LogP contribution < -0.4 is 5.32 Å². The van der Waals surface area contributed by atoms with Crippen molar-refractivity contribution in [2.24, 2.45) is 11.8 Å². The summed E-state index contributed by atoms with van der Waals surface area (Å²) in [4.78, 5) is 47.8. The number of nitriles is 1. The highest BCUT2D eigenvalue weighted by molar-refractivity contribution is 5.83. The third-order valence-electron chi connectivity index (χ3n) is 6.76. The van der Waals surface area contributed by atoms with Crippen molar-refractivity contribution < 1.29 is 39.6 Å². The van der Waals surface area contributed by atoms with E-state index in [9.17, 15) is 19.2 Å². The SMILES string of the molecule is CCC1(NCC(=O)n2cccc2C#N)CC2CN(C(=O)N(C)C)CC2C1.O=C(O)C(O)C(O)C(=O)O. The lowest BCUT2D eigenvalue weighted by Gasteiger charge is -2.32. The third-order valence-corrected chi connectivity index (χ3v) is 6.76. The number of aromatic nitrogens is 1.